The van der Waals surface area contributed by atoms with Gasteiger partial charge in [0.1, 0.15) is 5.69 Å². The third kappa shape index (κ3) is 4.83. The highest BCUT2D eigenvalue weighted by molar-refractivity contribution is 7.93. The summed E-state index contributed by atoms with van der Waals surface area (Å²) in [5.74, 6) is -0.965. The van der Waals surface area contributed by atoms with Gasteiger partial charge < -0.3 is 4.74 Å². The Morgan fingerprint density at radius 1 is 1.11 bits per heavy atom. The van der Waals surface area contributed by atoms with Crippen LogP contribution in [0.4, 0.5) is 25.8 Å². The molecule has 2 rings (SSSR count). The van der Waals surface area contributed by atoms with Gasteiger partial charge in [0, 0.05) is 12.1 Å². The van der Waals surface area contributed by atoms with Gasteiger partial charge in [0.25, 0.3) is 25.7 Å². The van der Waals surface area contributed by atoms with E-state index in [2.05, 4.69) is 0 Å². The monoisotopic (exact) mass is 437 g/mol. The Labute approximate surface area is 158 Å². The highest BCUT2D eigenvalue weighted by Crippen LogP contribution is 2.30. The Bertz CT molecular complexity index is 1120. The third-order valence-corrected chi connectivity index (χ3v) is 5.49. The minimum atomic E-state index is -4.48. The first-order chi connectivity index (χ1) is 13.0. The molecule has 0 radical (unpaired) electrons. The average Bonchev–Trinajstić information content (AvgIpc) is 2.61. The Kier molecular flexibility index (Phi) is 6.04. The van der Waals surface area contributed by atoms with Crippen molar-refractivity contribution in [2.75, 3.05) is 22.6 Å². The number of hydrogen-bond donors (Lipinski definition) is 2. The Morgan fingerprint density at radius 3 is 2.32 bits per heavy atom. The molecule has 0 fully saturated rings. The molecular weight excluding hydrogens is 424 g/mol. The summed E-state index contributed by atoms with van der Waals surface area (Å²) >= 11 is 0. The lowest BCUT2D eigenvalue weighted by atomic mass is 10.3. The SMILES string of the molecule is COc1ccc(NS(=O)(=O)c2ccc(NS(=O)(=O)CF)c([N+](=O)[O-])c2)cc1F. The number of sulfonamides is 2. The average molecular weight is 437 g/mol. The molecule has 0 unspecified atom stereocenters. The van der Waals surface area contributed by atoms with Gasteiger partial charge in [0.2, 0.25) is 6.01 Å². The van der Waals surface area contributed by atoms with E-state index < -0.39 is 53.1 Å². The molecule has 10 nitrogen and oxygen atoms in total. The smallest absolute Gasteiger partial charge is 0.294 e. The second-order valence-corrected chi connectivity index (χ2v) is 8.55. The zero-order valence-corrected chi connectivity index (χ0v) is 15.7. The number of anilines is 2. The number of nitrogens with zero attached hydrogens (tertiary/aromatic N) is 1. The number of ether oxygens (including phenoxy) is 1. The van der Waals surface area contributed by atoms with Crippen LogP contribution in [0.2, 0.25) is 0 Å². The number of nitro groups is 1. The molecule has 28 heavy (non-hydrogen) atoms. The van der Waals surface area contributed by atoms with E-state index in [0.717, 1.165) is 18.2 Å². The first kappa shape index (κ1) is 21.3. The molecule has 2 N–H and O–H groups in total. The van der Waals surface area contributed by atoms with Gasteiger partial charge in [-0.1, -0.05) is 0 Å². The predicted molar refractivity (Wildman–Crippen MR) is 95.4 cm³/mol. The van der Waals surface area contributed by atoms with Crippen LogP contribution in [-0.2, 0) is 20.0 Å². The van der Waals surface area contributed by atoms with E-state index in [-0.39, 0.29) is 11.4 Å². The molecule has 0 bridgehead atoms. The molecule has 0 saturated heterocycles. The molecule has 0 aliphatic heterocycles. The zero-order valence-electron chi connectivity index (χ0n) is 14.0. The normalized spacial score (nSPS) is 11.7. The number of rotatable bonds is 8. The maximum Gasteiger partial charge on any atom is 0.294 e. The molecule has 0 saturated carbocycles. The van der Waals surface area contributed by atoms with Crippen LogP contribution in [-0.4, -0.2) is 34.9 Å². The molecule has 0 aromatic heterocycles. The predicted octanol–water partition coefficient (Wildman–Crippen LogP) is 2.21. The van der Waals surface area contributed by atoms with Crippen molar-refractivity contribution >= 4 is 37.1 Å². The zero-order chi connectivity index (χ0) is 21.1. The molecule has 0 aliphatic carbocycles. The van der Waals surface area contributed by atoms with Crippen molar-refractivity contribution in [2.24, 2.45) is 0 Å². The summed E-state index contributed by atoms with van der Waals surface area (Å²) in [7, 11) is -7.64. The molecule has 2 aromatic rings. The van der Waals surface area contributed by atoms with E-state index in [1.165, 1.54) is 19.2 Å². The summed E-state index contributed by atoms with van der Waals surface area (Å²) < 4.78 is 81.8. The molecule has 152 valence electrons. The van der Waals surface area contributed by atoms with Crippen molar-refractivity contribution in [2.45, 2.75) is 4.90 Å². The molecule has 0 spiro atoms. The van der Waals surface area contributed by atoms with Gasteiger partial charge in [0.15, 0.2) is 11.6 Å². The number of nitro benzene ring substituents is 1. The molecule has 0 atom stereocenters. The largest absolute Gasteiger partial charge is 0.494 e. The maximum atomic E-state index is 13.7. The fourth-order valence-corrected chi connectivity index (χ4v) is 3.69. The summed E-state index contributed by atoms with van der Waals surface area (Å²) in [5, 5.41) is 11.1. The van der Waals surface area contributed by atoms with Gasteiger partial charge >= 0.3 is 0 Å². The number of methoxy groups -OCH3 is 1. The molecule has 2 aromatic carbocycles. The summed E-state index contributed by atoms with van der Waals surface area (Å²) in [6.45, 7) is 0. The van der Waals surface area contributed by atoms with Gasteiger partial charge in [-0.05, 0) is 24.3 Å². The summed E-state index contributed by atoms with van der Waals surface area (Å²) in [6.07, 6.45) is 0. The number of alkyl halides is 1. The lowest BCUT2D eigenvalue weighted by Crippen LogP contribution is -2.16. The van der Waals surface area contributed by atoms with Crippen molar-refractivity contribution in [3.63, 3.8) is 0 Å². The quantitative estimate of drug-likeness (QED) is 0.476. The fourth-order valence-electron chi connectivity index (χ4n) is 2.05. The van der Waals surface area contributed by atoms with Crippen molar-refractivity contribution in [1.29, 1.82) is 0 Å². The van der Waals surface area contributed by atoms with E-state index in [0.29, 0.717) is 6.07 Å². The standard InChI is InChI=1S/C14H13F2N3O7S2/c1-26-14-5-2-9(6-11(14)16)17-28(24,25)10-3-4-12(13(7-10)19(20)21)18-27(22,23)8-15/h2-7,17-18H,8H2,1H3. The highest BCUT2D eigenvalue weighted by atomic mass is 32.2. The van der Waals surface area contributed by atoms with Gasteiger partial charge in [-0.3, -0.25) is 19.6 Å². The van der Waals surface area contributed by atoms with Gasteiger partial charge in [0.05, 0.1) is 22.6 Å². The van der Waals surface area contributed by atoms with E-state index in [4.69, 9.17) is 4.74 Å². The first-order valence-corrected chi connectivity index (χ1v) is 10.3. The van der Waals surface area contributed by atoms with Crippen molar-refractivity contribution < 1.29 is 35.3 Å². The lowest BCUT2D eigenvalue weighted by molar-refractivity contribution is -0.384. The van der Waals surface area contributed by atoms with Crippen molar-refractivity contribution in [1.82, 2.24) is 0 Å². The lowest BCUT2D eigenvalue weighted by Gasteiger charge is -2.11. The second-order valence-electron chi connectivity index (χ2n) is 5.22. The second kappa shape index (κ2) is 7.93. The molecule has 0 heterocycles. The number of hydrogen-bond acceptors (Lipinski definition) is 7. The molecule has 0 amide bonds. The minimum Gasteiger partial charge on any atom is -0.494 e. The van der Waals surface area contributed by atoms with E-state index in [9.17, 15) is 35.7 Å². The summed E-state index contributed by atoms with van der Waals surface area (Å²) in [6, 6.07) is 3.64. The third-order valence-electron chi connectivity index (χ3n) is 3.29. The summed E-state index contributed by atoms with van der Waals surface area (Å²) in [4.78, 5) is 9.51. The van der Waals surface area contributed by atoms with E-state index >= 15 is 0 Å². The van der Waals surface area contributed by atoms with Gasteiger partial charge in [-0.15, -0.1) is 0 Å². The van der Waals surface area contributed by atoms with Crippen LogP contribution in [0.5, 0.6) is 5.75 Å². The number of halogens is 2. The van der Waals surface area contributed by atoms with Crippen LogP contribution < -0.4 is 14.2 Å². The fraction of sp³-hybridized carbons (Fsp3) is 0.143. The van der Waals surface area contributed by atoms with Crippen LogP contribution in [0.25, 0.3) is 0 Å². The Hall–Kier alpha value is -3.00. The van der Waals surface area contributed by atoms with Gasteiger partial charge in [-0.2, -0.15) is 0 Å². The number of benzene rings is 2. The van der Waals surface area contributed by atoms with E-state index in [1.807, 2.05) is 4.72 Å². The first-order valence-electron chi connectivity index (χ1n) is 7.20. The van der Waals surface area contributed by atoms with Crippen LogP contribution in [0, 0.1) is 15.9 Å². The van der Waals surface area contributed by atoms with Gasteiger partial charge in [-0.25, -0.2) is 25.6 Å². The highest BCUT2D eigenvalue weighted by Gasteiger charge is 2.24. The van der Waals surface area contributed by atoms with Crippen LogP contribution in [0.3, 0.4) is 0 Å². The van der Waals surface area contributed by atoms with E-state index in [1.54, 1.807) is 4.72 Å². The van der Waals surface area contributed by atoms with Crippen molar-refractivity contribution in [3.05, 3.63) is 52.3 Å². The molecule has 0 aliphatic rings. The molecular formula is C14H13F2N3O7S2. The molecule has 14 heteroatoms. The van der Waals surface area contributed by atoms with Crippen LogP contribution >= 0.6 is 0 Å². The summed E-state index contributed by atoms with van der Waals surface area (Å²) in [5.41, 5.74) is -1.71. The van der Waals surface area contributed by atoms with Crippen molar-refractivity contribution in [3.8, 4) is 5.75 Å². The Morgan fingerprint density at radius 2 is 1.79 bits per heavy atom. The van der Waals surface area contributed by atoms with Crippen LogP contribution in [0.15, 0.2) is 41.3 Å². The number of nitrogens with one attached hydrogen (secondary N) is 2. The maximum absolute atomic E-state index is 13.7. The Balaban J connectivity index is 2.41. The van der Waals surface area contributed by atoms with Crippen LogP contribution in [0.1, 0.15) is 0 Å². The topological polar surface area (TPSA) is 145 Å². The minimum absolute atomic E-state index is 0.122.